The molecule has 0 amide bonds. The number of nitrogens with two attached hydrogens (primary N) is 1. The van der Waals surface area contributed by atoms with Crippen molar-refractivity contribution in [3.05, 3.63) is 21.0 Å². The van der Waals surface area contributed by atoms with Crippen LogP contribution >= 0.6 is 22.6 Å². The molecule has 9 heteroatoms. The molecule has 3 N–H and O–H groups in total. The second kappa shape index (κ2) is 5.04. The Morgan fingerprint density at radius 2 is 2.18 bits per heavy atom. The fourth-order valence-corrected chi connectivity index (χ4v) is 1.80. The van der Waals surface area contributed by atoms with Gasteiger partial charge in [-0.1, -0.05) is 0 Å². The third-order valence-electron chi connectivity index (χ3n) is 1.71. The van der Waals surface area contributed by atoms with Gasteiger partial charge in [0.1, 0.15) is 0 Å². The summed E-state index contributed by atoms with van der Waals surface area (Å²) in [6.45, 7) is -0.248. The van der Waals surface area contributed by atoms with Crippen LogP contribution in [0.15, 0.2) is 6.20 Å². The summed E-state index contributed by atoms with van der Waals surface area (Å²) < 4.78 is 39.7. The van der Waals surface area contributed by atoms with Crippen LogP contribution in [0.2, 0.25) is 0 Å². The number of carbonyl (C=O) groups is 1. The first-order valence-corrected chi connectivity index (χ1v) is 5.20. The Bertz CT molecular complexity index is 450. The zero-order valence-corrected chi connectivity index (χ0v) is 10.2. The normalized spacial score (nSPS) is 11.4. The van der Waals surface area contributed by atoms with Crippen molar-refractivity contribution in [3.63, 3.8) is 0 Å². The lowest BCUT2D eigenvalue weighted by molar-refractivity contribution is -0.275. The average Bonchev–Trinajstić information content (AvgIpc) is 2.18. The summed E-state index contributed by atoms with van der Waals surface area (Å²) in [5.74, 6) is -1.93. The Balaban J connectivity index is 3.25. The molecule has 0 atom stereocenters. The Hall–Kier alpha value is -1.10. The van der Waals surface area contributed by atoms with E-state index in [0.717, 1.165) is 0 Å². The lowest BCUT2D eigenvalue weighted by Gasteiger charge is -2.13. The van der Waals surface area contributed by atoms with E-state index in [-0.39, 0.29) is 21.4 Å². The molecule has 1 rings (SSSR count). The number of carboxylic acids is 1. The van der Waals surface area contributed by atoms with E-state index in [4.69, 9.17) is 10.8 Å². The van der Waals surface area contributed by atoms with Crippen molar-refractivity contribution < 1.29 is 27.8 Å². The maximum atomic E-state index is 12.0. The Labute approximate surface area is 107 Å². The van der Waals surface area contributed by atoms with Crippen molar-refractivity contribution in [2.75, 3.05) is 0 Å². The number of aromatic carboxylic acids is 1. The molecule has 0 aromatic carbocycles. The fourth-order valence-electron chi connectivity index (χ4n) is 1.08. The molecule has 0 saturated heterocycles. The lowest BCUT2D eigenvalue weighted by atomic mass is 10.2. The van der Waals surface area contributed by atoms with E-state index in [1.165, 1.54) is 22.6 Å². The third-order valence-corrected chi connectivity index (χ3v) is 2.89. The van der Waals surface area contributed by atoms with Crippen LogP contribution in [0.1, 0.15) is 16.1 Å². The van der Waals surface area contributed by atoms with Gasteiger partial charge in [0.15, 0.2) is 11.4 Å². The molecule has 1 aromatic heterocycles. The lowest BCUT2D eigenvalue weighted by Crippen LogP contribution is -2.20. The van der Waals surface area contributed by atoms with Gasteiger partial charge in [0.05, 0.1) is 9.77 Å². The van der Waals surface area contributed by atoms with Gasteiger partial charge in [0, 0.05) is 12.1 Å². The number of ether oxygens (including phenoxy) is 1. The molecule has 17 heavy (non-hydrogen) atoms. The molecule has 0 unspecified atom stereocenters. The topological polar surface area (TPSA) is 85.4 Å². The van der Waals surface area contributed by atoms with Gasteiger partial charge in [-0.2, -0.15) is 0 Å². The minimum Gasteiger partial charge on any atom is -0.477 e. The third kappa shape index (κ3) is 3.43. The van der Waals surface area contributed by atoms with Crippen molar-refractivity contribution in [1.82, 2.24) is 4.98 Å². The van der Waals surface area contributed by atoms with Crippen molar-refractivity contribution in [2.45, 2.75) is 12.9 Å². The zero-order valence-electron chi connectivity index (χ0n) is 8.08. The van der Waals surface area contributed by atoms with Crippen LogP contribution in [0.25, 0.3) is 0 Å². The Morgan fingerprint density at radius 1 is 1.59 bits per heavy atom. The standard InChI is InChI=1S/C8H6F3IN2O3/c9-8(10,11)17-4-2-14-6(7(15)16)3(1-13)5(4)12/h2H,1,13H2,(H,15,16). The molecule has 5 nitrogen and oxygen atoms in total. The molecule has 1 aromatic rings. The highest BCUT2D eigenvalue weighted by Gasteiger charge is 2.33. The predicted molar refractivity (Wildman–Crippen MR) is 58.5 cm³/mol. The first-order chi connectivity index (χ1) is 7.76. The molecule has 0 bridgehead atoms. The van der Waals surface area contributed by atoms with E-state index < -0.39 is 18.1 Å². The highest BCUT2D eigenvalue weighted by Crippen LogP contribution is 2.30. The molecule has 0 aliphatic heterocycles. The van der Waals surface area contributed by atoms with Gasteiger partial charge < -0.3 is 15.6 Å². The summed E-state index contributed by atoms with van der Waals surface area (Å²) in [6, 6.07) is 0. The predicted octanol–water partition coefficient (Wildman–Crippen LogP) is 1.74. The molecule has 0 saturated carbocycles. The van der Waals surface area contributed by atoms with E-state index in [2.05, 4.69) is 9.72 Å². The van der Waals surface area contributed by atoms with Gasteiger partial charge in [-0.05, 0) is 22.6 Å². The maximum absolute atomic E-state index is 12.0. The van der Waals surface area contributed by atoms with Crippen molar-refractivity contribution in [2.24, 2.45) is 5.73 Å². The van der Waals surface area contributed by atoms with Crippen molar-refractivity contribution >= 4 is 28.6 Å². The average molecular weight is 362 g/mol. The summed E-state index contributed by atoms with van der Waals surface area (Å²) in [5, 5.41) is 8.76. The number of pyridine rings is 1. The van der Waals surface area contributed by atoms with Gasteiger partial charge in [0.25, 0.3) is 0 Å². The molecule has 0 aliphatic carbocycles. The van der Waals surface area contributed by atoms with Crippen LogP contribution in [0.5, 0.6) is 5.75 Å². The molecule has 1 heterocycles. The van der Waals surface area contributed by atoms with Gasteiger partial charge in [-0.25, -0.2) is 9.78 Å². The van der Waals surface area contributed by atoms with E-state index in [1.807, 2.05) is 0 Å². The first-order valence-electron chi connectivity index (χ1n) is 4.12. The number of nitrogens with zero attached hydrogens (tertiary/aromatic N) is 1. The van der Waals surface area contributed by atoms with E-state index in [0.29, 0.717) is 6.20 Å². The van der Waals surface area contributed by atoms with E-state index in [9.17, 15) is 18.0 Å². The van der Waals surface area contributed by atoms with Crippen LogP contribution in [0.4, 0.5) is 13.2 Å². The quantitative estimate of drug-likeness (QED) is 0.801. The molecule has 0 spiro atoms. The van der Waals surface area contributed by atoms with E-state index in [1.54, 1.807) is 0 Å². The van der Waals surface area contributed by atoms with Crippen LogP contribution in [0.3, 0.4) is 0 Å². The Kier molecular flexibility index (Phi) is 4.14. The largest absolute Gasteiger partial charge is 0.573 e. The molecular weight excluding hydrogens is 356 g/mol. The number of alkyl halides is 3. The summed E-state index contributed by atoms with van der Waals surface area (Å²) in [6.07, 6.45) is -4.16. The number of hydrogen-bond acceptors (Lipinski definition) is 4. The van der Waals surface area contributed by atoms with Crippen molar-refractivity contribution in [1.29, 1.82) is 0 Å². The zero-order chi connectivity index (χ0) is 13.2. The summed E-state index contributed by atoms with van der Waals surface area (Å²) in [7, 11) is 0. The minimum atomic E-state index is -4.86. The van der Waals surface area contributed by atoms with Crippen LogP contribution in [0, 0.1) is 3.57 Å². The smallest absolute Gasteiger partial charge is 0.477 e. The van der Waals surface area contributed by atoms with Gasteiger partial charge in [0.2, 0.25) is 0 Å². The number of carboxylic acid groups (broad SMARTS) is 1. The van der Waals surface area contributed by atoms with Crippen LogP contribution < -0.4 is 10.5 Å². The minimum absolute atomic E-state index is 0.000139. The van der Waals surface area contributed by atoms with Crippen LogP contribution in [-0.4, -0.2) is 22.4 Å². The molecule has 94 valence electrons. The SMILES string of the molecule is NCc1c(C(=O)O)ncc(OC(F)(F)F)c1I. The second-order valence-electron chi connectivity index (χ2n) is 2.82. The molecule has 0 radical (unpaired) electrons. The highest BCUT2D eigenvalue weighted by atomic mass is 127. The summed E-state index contributed by atoms with van der Waals surface area (Å²) in [4.78, 5) is 14.1. The molecule has 0 aliphatic rings. The number of hydrogen-bond donors (Lipinski definition) is 2. The van der Waals surface area contributed by atoms with Gasteiger partial charge >= 0.3 is 12.3 Å². The monoisotopic (exact) mass is 362 g/mol. The number of aromatic nitrogens is 1. The van der Waals surface area contributed by atoms with Crippen molar-refractivity contribution in [3.8, 4) is 5.75 Å². The van der Waals surface area contributed by atoms with Gasteiger partial charge in [-0.3, -0.25) is 0 Å². The van der Waals surface area contributed by atoms with Crippen LogP contribution in [-0.2, 0) is 6.54 Å². The first kappa shape index (κ1) is 14.0. The fraction of sp³-hybridized carbons (Fsp3) is 0.250. The maximum Gasteiger partial charge on any atom is 0.573 e. The summed E-state index contributed by atoms with van der Waals surface area (Å²) in [5.41, 5.74) is 4.89. The number of halogens is 4. The summed E-state index contributed by atoms with van der Waals surface area (Å²) >= 11 is 1.53. The second-order valence-corrected chi connectivity index (χ2v) is 3.90. The molecular formula is C8H6F3IN2O3. The molecule has 0 fully saturated rings. The van der Waals surface area contributed by atoms with Gasteiger partial charge in [-0.15, -0.1) is 13.2 Å². The highest BCUT2D eigenvalue weighted by molar-refractivity contribution is 14.1. The van der Waals surface area contributed by atoms with E-state index >= 15 is 0 Å². The number of rotatable bonds is 3. The Morgan fingerprint density at radius 3 is 2.59 bits per heavy atom.